The lowest BCUT2D eigenvalue weighted by Gasteiger charge is -2.24. The summed E-state index contributed by atoms with van der Waals surface area (Å²) in [5.41, 5.74) is 0. The number of rotatable bonds is 51. The maximum absolute atomic E-state index is 11.2. The van der Waals surface area contributed by atoms with Gasteiger partial charge in [-0.15, -0.1) is 0 Å². The number of carboxylic acid groups (broad SMARTS) is 12. The topological polar surface area (TPSA) is 591 Å². The highest BCUT2D eigenvalue weighted by atomic mass is 16.5. The lowest BCUT2D eigenvalue weighted by atomic mass is 10.3. The fourth-order valence-corrected chi connectivity index (χ4v) is 6.74. The van der Waals surface area contributed by atoms with Gasteiger partial charge in [0.25, 0.3) is 0 Å². The third-order valence-corrected chi connectivity index (χ3v) is 10.4. The van der Waals surface area contributed by atoms with Gasteiger partial charge in [-0.25, -0.2) is 0 Å². The molecule has 0 amide bonds. The Labute approximate surface area is 515 Å². The molecule has 41 nitrogen and oxygen atoms in total. The van der Waals surface area contributed by atoms with Crippen molar-refractivity contribution in [2.75, 3.05) is 211 Å². The van der Waals surface area contributed by atoms with Crippen LogP contribution < -0.4 is 0 Å². The quantitative estimate of drug-likeness (QED) is 0.0153. The van der Waals surface area contributed by atoms with E-state index in [2.05, 4.69) is 14.2 Å². The highest BCUT2D eigenvalue weighted by Gasteiger charge is 2.22. The van der Waals surface area contributed by atoms with Crippen molar-refractivity contribution < 1.29 is 162 Å². The van der Waals surface area contributed by atoms with Crippen molar-refractivity contribution in [2.45, 2.75) is 13.8 Å². The largest absolute Gasteiger partial charge is 0.480 e. The van der Waals surface area contributed by atoms with Crippen LogP contribution in [0.2, 0.25) is 0 Å². The molecule has 0 aromatic carbocycles. The van der Waals surface area contributed by atoms with E-state index in [9.17, 15) is 71.9 Å². The van der Waals surface area contributed by atoms with Crippen molar-refractivity contribution in [1.82, 2.24) is 39.2 Å². The first kappa shape index (κ1) is 90.4. The second-order valence-electron chi connectivity index (χ2n) is 18.0. The molecular weight excluding hydrogens is 1230 g/mol. The van der Waals surface area contributed by atoms with E-state index in [0.29, 0.717) is 6.42 Å². The first-order valence-corrected chi connectivity index (χ1v) is 25.9. The fraction of sp³-hybridized carbons (Fsp3) is 0.694. The van der Waals surface area contributed by atoms with Gasteiger partial charge in [0.05, 0.1) is 153 Å². The molecule has 0 heterocycles. The number of ether oxygens (including phenoxy) is 5. The van der Waals surface area contributed by atoms with E-state index >= 15 is 0 Å². The Morgan fingerprint density at radius 2 is 0.422 bits per heavy atom. The molecule has 0 atom stereocenters. The number of hydrogen-bond acceptors (Lipinski definition) is 29. The summed E-state index contributed by atoms with van der Waals surface area (Å²) >= 11 is 0. The number of aliphatic carboxylic acids is 12. The predicted molar refractivity (Wildman–Crippen MR) is 299 cm³/mol. The summed E-state index contributed by atoms with van der Waals surface area (Å²) in [6.07, 6.45) is 0.310. The molecule has 13 N–H and O–H groups in total. The van der Waals surface area contributed by atoms with Gasteiger partial charge in [-0.1, -0.05) is 7.43 Å². The molecule has 0 aliphatic heterocycles. The zero-order valence-electron chi connectivity index (χ0n) is 49.3. The second kappa shape index (κ2) is 55.9. The Morgan fingerprint density at radius 3 is 0.633 bits per heavy atom. The summed E-state index contributed by atoms with van der Waals surface area (Å²) in [4.78, 5) is 171. The van der Waals surface area contributed by atoms with Gasteiger partial charge in [-0.05, 0) is 6.42 Å². The van der Waals surface area contributed by atoms with Crippen LogP contribution in [0.15, 0.2) is 0 Å². The second-order valence-corrected chi connectivity index (χ2v) is 18.0. The van der Waals surface area contributed by atoms with E-state index in [-0.39, 0.29) is 126 Å². The van der Waals surface area contributed by atoms with Crippen molar-refractivity contribution in [2.24, 2.45) is 0 Å². The summed E-state index contributed by atoms with van der Waals surface area (Å²) in [5.74, 6) is -15.5. The molecule has 0 aliphatic carbocycles. The van der Waals surface area contributed by atoms with Crippen molar-refractivity contribution in [3.05, 3.63) is 0 Å². The van der Waals surface area contributed by atoms with Gasteiger partial charge in [-0.3, -0.25) is 111 Å². The van der Waals surface area contributed by atoms with Crippen molar-refractivity contribution in [1.29, 1.82) is 0 Å². The van der Waals surface area contributed by atoms with E-state index < -0.39 is 162 Å². The fourth-order valence-electron chi connectivity index (χ4n) is 6.74. The van der Waals surface area contributed by atoms with E-state index in [1.807, 2.05) is 0 Å². The zero-order chi connectivity index (χ0) is 69.0. The summed E-state index contributed by atoms with van der Waals surface area (Å²) in [6, 6.07) is 0. The molecule has 0 spiro atoms. The SMILES string of the molecule is C.COC(=O)CN(CCCN(CC(=O)O)CC(=O)O)CC(=O)O.COC(=O)CN(CCN(CC(=O)O)CC(=O)O)CC(=O)O.COC(=O)CN(CCO)CCN(CC(=O)O)CC(=O)O.O=C(O)CN(CCOCCOCCN(CC(=O)O)CC(=O)O)CC(=O)O. The average molecular weight is 1320 g/mol. The number of hydrogen-bond donors (Lipinski definition) is 13. The van der Waals surface area contributed by atoms with Crippen LogP contribution in [0.1, 0.15) is 13.8 Å². The highest BCUT2D eigenvalue weighted by molar-refractivity contribution is 5.77. The van der Waals surface area contributed by atoms with E-state index in [0.717, 1.165) is 12.0 Å². The van der Waals surface area contributed by atoms with Gasteiger partial charge in [0.2, 0.25) is 0 Å². The number of esters is 3. The van der Waals surface area contributed by atoms with Gasteiger partial charge in [0.15, 0.2) is 0 Å². The number of carbonyl (C=O) groups excluding carboxylic acids is 3. The van der Waals surface area contributed by atoms with E-state index in [4.69, 9.17) is 75.9 Å². The van der Waals surface area contributed by atoms with Gasteiger partial charge < -0.3 is 90.1 Å². The molecule has 0 fully saturated rings. The third-order valence-electron chi connectivity index (χ3n) is 10.4. The van der Waals surface area contributed by atoms with Gasteiger partial charge in [-0.2, -0.15) is 0 Å². The normalized spacial score (nSPS) is 10.7. The van der Waals surface area contributed by atoms with Crippen LogP contribution in [0.5, 0.6) is 0 Å². The van der Waals surface area contributed by atoms with E-state index in [1.165, 1.54) is 43.6 Å². The lowest BCUT2D eigenvalue weighted by molar-refractivity contribution is -0.146. The van der Waals surface area contributed by atoms with Crippen LogP contribution in [-0.2, 0) is 95.6 Å². The summed E-state index contributed by atoms with van der Waals surface area (Å²) in [5, 5.41) is 113. The number of carbonyl (C=O) groups is 15. The van der Waals surface area contributed by atoms with Crippen LogP contribution in [0, 0.1) is 0 Å². The first-order chi connectivity index (χ1) is 41.6. The Morgan fingerprint density at radius 1 is 0.244 bits per heavy atom. The number of methoxy groups -OCH3 is 3. The van der Waals surface area contributed by atoms with Crippen LogP contribution >= 0.6 is 0 Å². The molecule has 0 saturated heterocycles. The third kappa shape index (κ3) is 64.1. The minimum absolute atomic E-state index is 0. The van der Waals surface area contributed by atoms with Crippen LogP contribution in [0.25, 0.3) is 0 Å². The molecule has 0 bridgehead atoms. The van der Waals surface area contributed by atoms with E-state index in [1.54, 1.807) is 4.90 Å². The number of nitrogens with zero attached hydrogens (tertiary/aromatic N) is 8. The maximum Gasteiger partial charge on any atom is 0.319 e. The Kier molecular flexibility index (Phi) is 56.1. The number of aliphatic hydroxyl groups is 1. The minimum Gasteiger partial charge on any atom is -0.480 e. The molecule has 0 aliphatic rings. The zero-order valence-corrected chi connectivity index (χ0v) is 49.3. The van der Waals surface area contributed by atoms with Gasteiger partial charge in [0, 0.05) is 58.9 Å². The minimum atomic E-state index is -1.20. The Bertz CT molecular complexity index is 2090. The summed E-state index contributed by atoms with van der Waals surface area (Å²) in [7, 11) is 3.58. The first-order valence-electron chi connectivity index (χ1n) is 25.9. The summed E-state index contributed by atoms with van der Waals surface area (Å²) < 4.78 is 23.8. The molecule has 520 valence electrons. The molecule has 41 heteroatoms. The van der Waals surface area contributed by atoms with Gasteiger partial charge >= 0.3 is 89.5 Å². The lowest BCUT2D eigenvalue weighted by Crippen LogP contribution is -2.43. The molecule has 0 unspecified atom stereocenters. The molecule has 0 rings (SSSR count). The smallest absolute Gasteiger partial charge is 0.319 e. The number of carboxylic acids is 12. The number of aliphatic hydroxyl groups excluding tert-OH is 1. The monoisotopic (exact) mass is 1310 g/mol. The predicted octanol–water partition coefficient (Wildman–Crippen LogP) is -7.05. The molecule has 0 saturated carbocycles. The van der Waals surface area contributed by atoms with Crippen molar-refractivity contribution >= 4 is 89.5 Å². The highest BCUT2D eigenvalue weighted by Crippen LogP contribution is 2.00. The van der Waals surface area contributed by atoms with Crippen molar-refractivity contribution in [3.63, 3.8) is 0 Å². The van der Waals surface area contributed by atoms with Crippen molar-refractivity contribution in [3.8, 4) is 0 Å². The van der Waals surface area contributed by atoms with Gasteiger partial charge in [0.1, 0.15) is 0 Å². The molecule has 90 heavy (non-hydrogen) atoms. The molecule has 0 radical (unpaired) electrons. The Balaban J connectivity index is -0.000000357. The molecular formula is C49H86N8O33. The summed E-state index contributed by atoms with van der Waals surface area (Å²) in [6.45, 7) is -4.02. The van der Waals surface area contributed by atoms with Crippen LogP contribution in [0.3, 0.4) is 0 Å². The molecule has 0 aromatic heterocycles. The standard InChI is InChI=1S/C14H24N2O10.C12H20N2O8.C11H18N2O8.C11H20N2O7.CH4/c17-11(18)7-15(8-12(19)20)1-3-25-5-6-26-4-2-16(9-13(21)22)10-14(23)24;1-22-12(21)8-14(7-11(19)20)4-2-3-13(5-9(15)16)6-10(17)18;1-21-11(20)7-13(6-10(18)19)3-2-12(4-8(14)15)5-9(16)17;1-20-11(19)8-12(4-5-14)2-3-13(6-9(15)16)7-10(17)18;/h1-10H2,(H,17,18)(H,19,20)(H,21,22)(H,23,24);2-8H2,1H3,(H,15,16)(H,17,18)(H,19,20);2-7H2,1H3,(H,14,15)(H,16,17)(H,18,19);14H,2-8H2,1H3,(H,15,16)(H,17,18);1H4. The Hall–Kier alpha value is -8.39. The average Bonchev–Trinajstić information content (AvgIpc) is 3.63. The van der Waals surface area contributed by atoms with Crippen LogP contribution in [0.4, 0.5) is 0 Å². The van der Waals surface area contributed by atoms with Crippen LogP contribution in [-0.4, -0.2) is 407 Å². The maximum atomic E-state index is 11.2. The molecule has 0 aromatic rings.